The van der Waals surface area contributed by atoms with Gasteiger partial charge in [0, 0.05) is 7.05 Å². The first-order chi connectivity index (χ1) is 7.15. The summed E-state index contributed by atoms with van der Waals surface area (Å²) in [6.45, 7) is 2.03. The van der Waals surface area contributed by atoms with Crippen molar-refractivity contribution in [1.82, 2.24) is 9.55 Å². The highest BCUT2D eigenvalue weighted by Gasteiger charge is 2.14. The van der Waals surface area contributed by atoms with E-state index in [1.807, 2.05) is 25.1 Å². The smallest absolute Gasteiger partial charge is 0.372 e. The van der Waals surface area contributed by atoms with Gasteiger partial charge in [-0.1, -0.05) is 19.1 Å². The van der Waals surface area contributed by atoms with Gasteiger partial charge in [-0.3, -0.25) is 0 Å². The van der Waals surface area contributed by atoms with E-state index in [4.69, 9.17) is 5.11 Å². The van der Waals surface area contributed by atoms with Gasteiger partial charge in [-0.05, 0) is 18.1 Å². The number of nitrogens with zero attached hydrogens (tertiary/aromatic N) is 2. The molecule has 0 aliphatic heterocycles. The van der Waals surface area contributed by atoms with Gasteiger partial charge in [0.15, 0.2) is 0 Å². The van der Waals surface area contributed by atoms with Gasteiger partial charge in [0.1, 0.15) is 0 Å². The molecule has 1 heterocycles. The molecule has 78 valence electrons. The molecule has 0 bridgehead atoms. The van der Waals surface area contributed by atoms with Crippen molar-refractivity contribution >= 4 is 17.0 Å². The Morgan fingerprint density at radius 3 is 2.87 bits per heavy atom. The fourth-order valence-electron chi connectivity index (χ4n) is 1.75. The third-order valence-corrected chi connectivity index (χ3v) is 2.57. The number of para-hydroxylation sites is 1. The molecule has 0 unspecified atom stereocenters. The van der Waals surface area contributed by atoms with Crippen LogP contribution in [0.3, 0.4) is 0 Å². The van der Waals surface area contributed by atoms with Crippen molar-refractivity contribution in [3.05, 3.63) is 29.6 Å². The predicted octanol–water partition coefficient (Wildman–Crippen LogP) is 1.83. The van der Waals surface area contributed by atoms with Gasteiger partial charge in [-0.25, -0.2) is 9.78 Å². The molecule has 4 nitrogen and oxygen atoms in total. The fraction of sp³-hybridized carbons (Fsp3) is 0.273. The summed E-state index contributed by atoms with van der Waals surface area (Å²) in [7, 11) is 1.72. The molecular formula is C11H12N2O2. The Kier molecular flexibility index (Phi) is 2.19. The first-order valence-corrected chi connectivity index (χ1v) is 4.82. The summed E-state index contributed by atoms with van der Waals surface area (Å²) in [6, 6.07) is 5.78. The van der Waals surface area contributed by atoms with Crippen molar-refractivity contribution in [3.8, 4) is 0 Å². The molecule has 0 spiro atoms. The lowest BCUT2D eigenvalue weighted by Gasteiger charge is -1.98. The molecule has 1 aromatic heterocycles. The first-order valence-electron chi connectivity index (χ1n) is 4.82. The van der Waals surface area contributed by atoms with Crippen LogP contribution in [0.5, 0.6) is 0 Å². The largest absolute Gasteiger partial charge is 0.475 e. The number of carboxylic acids is 1. The van der Waals surface area contributed by atoms with Crippen molar-refractivity contribution < 1.29 is 9.90 Å². The summed E-state index contributed by atoms with van der Waals surface area (Å²) < 4.78 is 1.61. The van der Waals surface area contributed by atoms with Crippen LogP contribution in [0.2, 0.25) is 0 Å². The zero-order valence-corrected chi connectivity index (χ0v) is 8.69. The Morgan fingerprint density at radius 1 is 1.53 bits per heavy atom. The maximum absolute atomic E-state index is 10.9. The topological polar surface area (TPSA) is 55.1 Å². The molecule has 0 saturated carbocycles. The van der Waals surface area contributed by atoms with E-state index >= 15 is 0 Å². The summed E-state index contributed by atoms with van der Waals surface area (Å²) in [5.41, 5.74) is 2.74. The molecule has 2 aromatic rings. The lowest BCUT2D eigenvalue weighted by atomic mass is 10.1. The average molecular weight is 204 g/mol. The second-order valence-corrected chi connectivity index (χ2v) is 3.44. The van der Waals surface area contributed by atoms with Gasteiger partial charge in [0.25, 0.3) is 0 Å². The molecule has 0 aliphatic carbocycles. The van der Waals surface area contributed by atoms with E-state index in [-0.39, 0.29) is 5.82 Å². The highest BCUT2D eigenvalue weighted by atomic mass is 16.4. The third-order valence-electron chi connectivity index (χ3n) is 2.57. The number of aromatic nitrogens is 2. The van der Waals surface area contributed by atoms with Crippen LogP contribution < -0.4 is 0 Å². The van der Waals surface area contributed by atoms with Gasteiger partial charge in [-0.2, -0.15) is 0 Å². The number of fused-ring (bicyclic) bond motifs is 1. The maximum atomic E-state index is 10.9. The lowest BCUT2D eigenvalue weighted by Crippen LogP contribution is -2.05. The number of carboxylic acid groups (broad SMARTS) is 1. The Bertz CT molecular complexity index is 529. The number of aryl methyl sites for hydroxylation is 2. The quantitative estimate of drug-likeness (QED) is 0.812. The van der Waals surface area contributed by atoms with E-state index in [0.717, 1.165) is 23.0 Å². The maximum Gasteiger partial charge on any atom is 0.372 e. The standard InChI is InChI=1S/C11H12N2O2/c1-3-7-5-4-6-8-9(7)12-10(11(14)15)13(8)2/h4-6H,3H2,1-2H3,(H,14,15). The summed E-state index contributed by atoms with van der Waals surface area (Å²) in [5.74, 6) is -0.901. The molecule has 1 aromatic carbocycles. The van der Waals surface area contributed by atoms with Gasteiger partial charge in [0.2, 0.25) is 5.82 Å². The number of hydrogen-bond acceptors (Lipinski definition) is 2. The molecule has 2 rings (SSSR count). The van der Waals surface area contributed by atoms with Crippen molar-refractivity contribution in [2.24, 2.45) is 7.05 Å². The Hall–Kier alpha value is -1.84. The van der Waals surface area contributed by atoms with Crippen LogP contribution in [0.1, 0.15) is 23.1 Å². The SMILES string of the molecule is CCc1cccc2c1nc(C(=O)O)n2C. The number of imidazole rings is 1. The van der Waals surface area contributed by atoms with Gasteiger partial charge < -0.3 is 9.67 Å². The summed E-state index contributed by atoms with van der Waals surface area (Å²) in [5, 5.41) is 8.95. The highest BCUT2D eigenvalue weighted by Crippen LogP contribution is 2.19. The van der Waals surface area contributed by atoms with E-state index in [9.17, 15) is 4.79 Å². The molecule has 15 heavy (non-hydrogen) atoms. The second kappa shape index (κ2) is 3.38. The van der Waals surface area contributed by atoms with Crippen molar-refractivity contribution in [1.29, 1.82) is 0 Å². The van der Waals surface area contributed by atoms with Crippen LogP contribution in [-0.2, 0) is 13.5 Å². The predicted molar refractivity (Wildman–Crippen MR) is 57.1 cm³/mol. The molecule has 0 atom stereocenters. The van der Waals surface area contributed by atoms with E-state index < -0.39 is 5.97 Å². The van der Waals surface area contributed by atoms with E-state index in [0.29, 0.717) is 0 Å². The lowest BCUT2D eigenvalue weighted by molar-refractivity contribution is 0.0680. The van der Waals surface area contributed by atoms with Crippen molar-refractivity contribution in [2.45, 2.75) is 13.3 Å². The molecule has 0 amide bonds. The summed E-state index contributed by atoms with van der Waals surface area (Å²) in [4.78, 5) is 15.1. The zero-order chi connectivity index (χ0) is 11.0. The van der Waals surface area contributed by atoms with Crippen LogP contribution in [0.4, 0.5) is 0 Å². The minimum Gasteiger partial charge on any atom is -0.475 e. The monoisotopic (exact) mass is 204 g/mol. The van der Waals surface area contributed by atoms with Crippen molar-refractivity contribution in [3.63, 3.8) is 0 Å². The summed E-state index contributed by atoms with van der Waals surface area (Å²) in [6.07, 6.45) is 0.855. The average Bonchev–Trinajstić information content (AvgIpc) is 2.56. The molecule has 0 fully saturated rings. The number of rotatable bonds is 2. The second-order valence-electron chi connectivity index (χ2n) is 3.44. The number of hydrogen-bond donors (Lipinski definition) is 1. The molecule has 0 radical (unpaired) electrons. The van der Waals surface area contributed by atoms with Gasteiger partial charge in [-0.15, -0.1) is 0 Å². The molecule has 0 aliphatic rings. The Balaban J connectivity index is 2.81. The van der Waals surface area contributed by atoms with Gasteiger partial charge in [0.05, 0.1) is 11.0 Å². The Labute approximate surface area is 87.2 Å². The number of benzene rings is 1. The Morgan fingerprint density at radius 2 is 2.27 bits per heavy atom. The van der Waals surface area contributed by atoms with Crippen LogP contribution in [0, 0.1) is 0 Å². The normalized spacial score (nSPS) is 10.8. The van der Waals surface area contributed by atoms with Crippen LogP contribution in [-0.4, -0.2) is 20.6 Å². The van der Waals surface area contributed by atoms with Crippen molar-refractivity contribution in [2.75, 3.05) is 0 Å². The van der Waals surface area contributed by atoms with E-state index in [1.165, 1.54) is 0 Å². The zero-order valence-electron chi connectivity index (χ0n) is 8.69. The molecule has 4 heteroatoms. The first kappa shape index (κ1) is 9.71. The van der Waals surface area contributed by atoms with Crippen LogP contribution in [0.15, 0.2) is 18.2 Å². The molecule has 0 saturated heterocycles. The highest BCUT2D eigenvalue weighted by molar-refractivity contribution is 5.90. The van der Waals surface area contributed by atoms with E-state index in [1.54, 1.807) is 11.6 Å². The van der Waals surface area contributed by atoms with E-state index in [2.05, 4.69) is 4.98 Å². The molecule has 1 N–H and O–H groups in total. The van der Waals surface area contributed by atoms with Gasteiger partial charge >= 0.3 is 5.97 Å². The number of aromatic carboxylic acids is 1. The van der Waals surface area contributed by atoms with Crippen LogP contribution in [0.25, 0.3) is 11.0 Å². The summed E-state index contributed by atoms with van der Waals surface area (Å²) >= 11 is 0. The number of carbonyl (C=O) groups is 1. The fourth-order valence-corrected chi connectivity index (χ4v) is 1.75. The third kappa shape index (κ3) is 1.38. The minimum absolute atomic E-state index is 0.0888. The molecular weight excluding hydrogens is 192 g/mol. The van der Waals surface area contributed by atoms with Crippen LogP contribution >= 0.6 is 0 Å². The minimum atomic E-state index is -0.990.